The van der Waals surface area contributed by atoms with Crippen LogP contribution in [0.4, 0.5) is 33.5 Å². The van der Waals surface area contributed by atoms with Crippen molar-refractivity contribution < 1.29 is 22.0 Å². The first-order valence-electron chi connectivity index (χ1n) is 10.8. The number of halogens is 5. The predicted octanol–water partition coefficient (Wildman–Crippen LogP) is 5.61. The van der Waals surface area contributed by atoms with Crippen LogP contribution in [0.25, 0.3) is 0 Å². The van der Waals surface area contributed by atoms with Gasteiger partial charge >= 0.3 is 0 Å². The second-order valence-corrected chi connectivity index (χ2v) is 8.56. The molecule has 0 unspecified atom stereocenters. The first kappa shape index (κ1) is 25.3. The zero-order chi connectivity index (χ0) is 26.1. The van der Waals surface area contributed by atoms with Crippen LogP contribution in [-0.2, 0) is 13.1 Å². The molecule has 2 aromatic carbocycles. The Bertz CT molecular complexity index is 1430. The summed E-state index contributed by atoms with van der Waals surface area (Å²) in [6, 6.07) is 9.46. The molecule has 0 aliphatic heterocycles. The van der Waals surface area contributed by atoms with Crippen LogP contribution >= 0.6 is 12.2 Å². The molecule has 2 aromatic heterocycles. The van der Waals surface area contributed by atoms with Gasteiger partial charge in [0.05, 0.1) is 35.7 Å². The molecule has 0 saturated carbocycles. The molecule has 0 aliphatic rings. The van der Waals surface area contributed by atoms with Gasteiger partial charge in [0, 0.05) is 12.3 Å². The highest BCUT2D eigenvalue weighted by atomic mass is 32.1. The lowest BCUT2D eigenvalue weighted by Gasteiger charge is -2.11. The van der Waals surface area contributed by atoms with Crippen LogP contribution in [0.1, 0.15) is 28.1 Å². The van der Waals surface area contributed by atoms with Gasteiger partial charge in [-0.3, -0.25) is 9.36 Å². The van der Waals surface area contributed by atoms with Crippen molar-refractivity contribution >= 4 is 28.8 Å². The average Bonchev–Trinajstić information content (AvgIpc) is 3.39. The lowest BCUT2D eigenvalue weighted by Crippen LogP contribution is -2.20. The zero-order valence-electron chi connectivity index (χ0n) is 19.5. The Kier molecular flexibility index (Phi) is 7.07. The van der Waals surface area contributed by atoms with E-state index in [9.17, 15) is 22.0 Å². The largest absolute Gasteiger partial charge is 0.329 e. The van der Waals surface area contributed by atoms with E-state index in [4.69, 9.17) is 12.2 Å². The molecule has 0 radical (unpaired) electrons. The molecule has 0 bridgehead atoms. The van der Waals surface area contributed by atoms with E-state index in [-0.39, 0.29) is 10.9 Å². The molecule has 188 valence electrons. The Morgan fingerprint density at radius 3 is 2.14 bits per heavy atom. The Morgan fingerprint density at radius 1 is 0.833 bits per heavy atom. The summed E-state index contributed by atoms with van der Waals surface area (Å²) >= 11 is 5.36. The maximum Gasteiger partial charge on any atom is 0.200 e. The maximum absolute atomic E-state index is 14.0. The van der Waals surface area contributed by atoms with Gasteiger partial charge in [-0.1, -0.05) is 24.3 Å². The quantitative estimate of drug-likeness (QED) is 0.150. The number of nitrogens with zero attached hydrogens (tertiary/aromatic N) is 4. The minimum Gasteiger partial charge on any atom is -0.329 e. The van der Waals surface area contributed by atoms with Crippen LogP contribution < -0.4 is 10.6 Å². The van der Waals surface area contributed by atoms with Crippen LogP contribution in [-0.4, -0.2) is 24.7 Å². The summed E-state index contributed by atoms with van der Waals surface area (Å²) in [5.41, 5.74) is 3.59. The zero-order valence-corrected chi connectivity index (χ0v) is 20.3. The molecule has 12 heteroatoms. The number of benzene rings is 2. The van der Waals surface area contributed by atoms with Crippen LogP contribution in [0, 0.1) is 49.9 Å². The van der Waals surface area contributed by atoms with Crippen LogP contribution in [0.5, 0.6) is 0 Å². The molecule has 0 aliphatic carbocycles. The normalized spacial score (nSPS) is 11.1. The fourth-order valence-corrected chi connectivity index (χ4v) is 3.92. The second kappa shape index (κ2) is 10.1. The molecule has 4 aromatic rings. The van der Waals surface area contributed by atoms with Gasteiger partial charge in [-0.2, -0.15) is 10.2 Å². The number of aryl methyl sites for hydroxylation is 2. The summed E-state index contributed by atoms with van der Waals surface area (Å²) in [7, 11) is 0. The van der Waals surface area contributed by atoms with Gasteiger partial charge in [0.2, 0.25) is 5.82 Å². The first-order valence-corrected chi connectivity index (χ1v) is 11.2. The number of anilines is 2. The van der Waals surface area contributed by atoms with Crippen molar-refractivity contribution in [1.29, 1.82) is 0 Å². The van der Waals surface area contributed by atoms with E-state index < -0.39 is 41.2 Å². The fraction of sp³-hybridized carbons (Fsp3) is 0.208. The van der Waals surface area contributed by atoms with Crippen molar-refractivity contribution in [2.24, 2.45) is 0 Å². The summed E-state index contributed by atoms with van der Waals surface area (Å²) in [5, 5.41) is 14.7. The molecular formula is C24H21F5N6S. The highest BCUT2D eigenvalue weighted by molar-refractivity contribution is 7.80. The number of thiocarbonyl (C=S) groups is 1. The second-order valence-electron chi connectivity index (χ2n) is 8.16. The third-order valence-corrected chi connectivity index (χ3v) is 5.91. The summed E-state index contributed by atoms with van der Waals surface area (Å²) in [6.45, 7) is 5.69. The predicted molar refractivity (Wildman–Crippen MR) is 129 cm³/mol. The molecule has 0 amide bonds. The highest BCUT2D eigenvalue weighted by Crippen LogP contribution is 2.24. The van der Waals surface area contributed by atoms with Crippen molar-refractivity contribution in [3.05, 3.63) is 93.7 Å². The van der Waals surface area contributed by atoms with Gasteiger partial charge in [0.1, 0.15) is 0 Å². The molecule has 0 atom stereocenters. The van der Waals surface area contributed by atoms with E-state index in [1.165, 1.54) is 12.3 Å². The van der Waals surface area contributed by atoms with E-state index in [0.29, 0.717) is 12.2 Å². The van der Waals surface area contributed by atoms with Gasteiger partial charge < -0.3 is 10.6 Å². The highest BCUT2D eigenvalue weighted by Gasteiger charge is 2.26. The van der Waals surface area contributed by atoms with Gasteiger partial charge in [0.25, 0.3) is 0 Å². The minimum atomic E-state index is -2.21. The van der Waals surface area contributed by atoms with Crippen molar-refractivity contribution in [3.63, 3.8) is 0 Å². The Hall–Kier alpha value is -3.80. The average molecular weight is 521 g/mol. The minimum absolute atomic E-state index is 0.179. The molecule has 2 heterocycles. The molecule has 4 rings (SSSR count). The molecule has 6 nitrogen and oxygen atoms in total. The molecular weight excluding hydrogens is 499 g/mol. The number of aromatic nitrogens is 4. The van der Waals surface area contributed by atoms with Gasteiger partial charge in [-0.05, 0) is 44.1 Å². The van der Waals surface area contributed by atoms with Crippen molar-refractivity contribution in [3.8, 4) is 0 Å². The smallest absolute Gasteiger partial charge is 0.200 e. The Morgan fingerprint density at radius 2 is 1.47 bits per heavy atom. The lowest BCUT2D eigenvalue weighted by molar-refractivity contribution is 0.367. The monoisotopic (exact) mass is 520 g/mol. The lowest BCUT2D eigenvalue weighted by atomic mass is 10.1. The molecule has 36 heavy (non-hydrogen) atoms. The van der Waals surface area contributed by atoms with Crippen LogP contribution in [0.3, 0.4) is 0 Å². The van der Waals surface area contributed by atoms with Crippen molar-refractivity contribution in [2.45, 2.75) is 33.9 Å². The topological polar surface area (TPSA) is 59.7 Å². The Balaban J connectivity index is 1.45. The SMILES string of the molecule is Cc1ccccc1Cn1nc(C)c(NC(=S)Nc2ccn(Cc3c(F)c(F)c(F)c(F)c3F)n2)c1C. The summed E-state index contributed by atoms with van der Waals surface area (Å²) in [5.74, 6) is -9.81. The fourth-order valence-electron chi connectivity index (χ4n) is 3.71. The maximum atomic E-state index is 14.0. The third-order valence-electron chi connectivity index (χ3n) is 5.70. The van der Waals surface area contributed by atoms with Gasteiger partial charge in [0.15, 0.2) is 34.2 Å². The van der Waals surface area contributed by atoms with E-state index in [1.54, 1.807) is 0 Å². The van der Waals surface area contributed by atoms with Gasteiger partial charge in [-0.25, -0.2) is 22.0 Å². The Labute approximate surface area is 208 Å². The van der Waals surface area contributed by atoms with Crippen molar-refractivity contribution in [1.82, 2.24) is 19.6 Å². The van der Waals surface area contributed by atoms with Crippen LogP contribution in [0.2, 0.25) is 0 Å². The van der Waals surface area contributed by atoms with Gasteiger partial charge in [-0.15, -0.1) is 0 Å². The van der Waals surface area contributed by atoms with E-state index >= 15 is 0 Å². The number of hydrogen-bond acceptors (Lipinski definition) is 3. The van der Waals surface area contributed by atoms with Crippen molar-refractivity contribution in [2.75, 3.05) is 10.6 Å². The number of hydrogen-bond donors (Lipinski definition) is 2. The molecule has 0 spiro atoms. The summed E-state index contributed by atoms with van der Waals surface area (Å²) in [6.07, 6.45) is 1.32. The van der Waals surface area contributed by atoms with E-state index in [2.05, 4.69) is 20.8 Å². The first-order chi connectivity index (χ1) is 17.1. The number of rotatable bonds is 6. The summed E-state index contributed by atoms with van der Waals surface area (Å²) in [4.78, 5) is 0. The number of nitrogens with one attached hydrogen (secondary N) is 2. The molecule has 2 N–H and O–H groups in total. The van der Waals surface area contributed by atoms with E-state index in [1.807, 2.05) is 49.7 Å². The standard InChI is InChI=1S/C24H21F5N6S/c1-12-6-4-5-7-15(12)10-35-14(3)23(13(2)32-35)31-24(36)30-17-8-9-34(33-17)11-16-18(25)20(27)22(29)21(28)19(16)26/h4-9H,10-11H2,1-3H3,(H2,30,31,33,36). The summed E-state index contributed by atoms with van der Waals surface area (Å²) < 4.78 is 71.0. The third kappa shape index (κ3) is 4.94. The molecule has 0 fully saturated rings. The molecule has 0 saturated heterocycles. The van der Waals surface area contributed by atoms with Crippen LogP contribution in [0.15, 0.2) is 36.5 Å². The van der Waals surface area contributed by atoms with E-state index in [0.717, 1.165) is 27.2 Å².